The number of aryl methyl sites for hydroxylation is 1. The second kappa shape index (κ2) is 5.82. The number of nitrogens with two attached hydrogens (primary N) is 1. The van der Waals surface area contributed by atoms with E-state index in [1.807, 2.05) is 12.4 Å². The second-order valence-electron chi connectivity index (χ2n) is 6.57. The van der Waals surface area contributed by atoms with Crippen LogP contribution in [-0.4, -0.2) is 28.5 Å². The molecule has 0 amide bonds. The van der Waals surface area contributed by atoms with Crippen molar-refractivity contribution >= 4 is 0 Å². The fourth-order valence-corrected chi connectivity index (χ4v) is 4.24. The van der Waals surface area contributed by atoms with Gasteiger partial charge in [-0.3, -0.25) is 9.88 Å². The van der Waals surface area contributed by atoms with Gasteiger partial charge in [0.25, 0.3) is 0 Å². The van der Waals surface area contributed by atoms with Crippen molar-refractivity contribution in [1.82, 2.24) is 9.88 Å². The van der Waals surface area contributed by atoms with Gasteiger partial charge in [-0.05, 0) is 62.9 Å². The van der Waals surface area contributed by atoms with E-state index in [4.69, 9.17) is 5.73 Å². The first kappa shape index (κ1) is 14.0. The number of likely N-dealkylation sites (tertiary alicyclic amines) is 1. The molecule has 1 atom stereocenters. The number of aromatic nitrogens is 1. The van der Waals surface area contributed by atoms with Gasteiger partial charge in [0.15, 0.2) is 0 Å². The number of hydrogen-bond acceptors (Lipinski definition) is 3. The van der Waals surface area contributed by atoms with Gasteiger partial charge in [0, 0.05) is 24.0 Å². The molecule has 3 nitrogen and oxygen atoms in total. The molecule has 0 spiro atoms. The Morgan fingerprint density at radius 1 is 1.15 bits per heavy atom. The van der Waals surface area contributed by atoms with E-state index in [0.717, 1.165) is 0 Å². The lowest BCUT2D eigenvalue weighted by Crippen LogP contribution is -2.55. The normalized spacial score (nSPS) is 24.7. The molecular formula is C17H27N3. The third kappa shape index (κ3) is 2.38. The summed E-state index contributed by atoms with van der Waals surface area (Å²) in [5, 5.41) is 0. The predicted octanol–water partition coefficient (Wildman–Crippen LogP) is 3.19. The van der Waals surface area contributed by atoms with Crippen molar-refractivity contribution in [2.45, 2.75) is 63.5 Å². The van der Waals surface area contributed by atoms with Gasteiger partial charge in [-0.25, -0.2) is 0 Å². The highest BCUT2D eigenvalue weighted by atomic mass is 15.2. The molecule has 2 aliphatic rings. The van der Waals surface area contributed by atoms with Crippen LogP contribution in [0.1, 0.15) is 62.1 Å². The average molecular weight is 273 g/mol. The fraction of sp³-hybridized carbons (Fsp3) is 0.706. The zero-order valence-electron chi connectivity index (χ0n) is 12.6. The van der Waals surface area contributed by atoms with Crippen LogP contribution in [0.3, 0.4) is 0 Å². The maximum absolute atomic E-state index is 6.79. The summed E-state index contributed by atoms with van der Waals surface area (Å²) in [5.41, 5.74) is 9.51. The van der Waals surface area contributed by atoms with E-state index >= 15 is 0 Å². The van der Waals surface area contributed by atoms with Crippen molar-refractivity contribution in [3.05, 3.63) is 29.6 Å². The summed E-state index contributed by atoms with van der Waals surface area (Å²) >= 11 is 0. The largest absolute Gasteiger partial charge is 0.322 e. The summed E-state index contributed by atoms with van der Waals surface area (Å²) in [6.45, 7) is 4.62. The minimum atomic E-state index is 0.108. The number of pyridine rings is 1. The van der Waals surface area contributed by atoms with Crippen LogP contribution in [0.2, 0.25) is 0 Å². The Balaban J connectivity index is 1.91. The zero-order chi connectivity index (χ0) is 14.0. The molecule has 110 valence electrons. The smallest absolute Gasteiger partial charge is 0.0500 e. The first-order chi connectivity index (χ1) is 9.74. The van der Waals surface area contributed by atoms with Crippen LogP contribution in [-0.2, 0) is 0 Å². The SMILES string of the molecule is Cc1ccncc1C(N)C1(N2CCCCC2)CCCC1. The molecule has 0 aromatic carbocycles. The van der Waals surface area contributed by atoms with Crippen LogP contribution in [0.15, 0.2) is 18.5 Å². The zero-order valence-corrected chi connectivity index (χ0v) is 12.6. The van der Waals surface area contributed by atoms with Gasteiger partial charge in [-0.2, -0.15) is 0 Å². The molecule has 1 aromatic heterocycles. The third-order valence-electron chi connectivity index (χ3n) is 5.45. The minimum absolute atomic E-state index is 0.108. The highest BCUT2D eigenvalue weighted by Crippen LogP contribution is 2.44. The Morgan fingerprint density at radius 3 is 2.50 bits per heavy atom. The van der Waals surface area contributed by atoms with Crippen molar-refractivity contribution in [2.24, 2.45) is 5.73 Å². The lowest BCUT2D eigenvalue weighted by atomic mass is 9.80. The van der Waals surface area contributed by atoms with Gasteiger partial charge in [0.05, 0.1) is 0 Å². The van der Waals surface area contributed by atoms with Crippen molar-refractivity contribution < 1.29 is 0 Å². The molecule has 1 aliphatic heterocycles. The van der Waals surface area contributed by atoms with Crippen LogP contribution >= 0.6 is 0 Å². The summed E-state index contributed by atoms with van der Waals surface area (Å²) in [4.78, 5) is 7.02. The van der Waals surface area contributed by atoms with Crippen molar-refractivity contribution in [1.29, 1.82) is 0 Å². The van der Waals surface area contributed by atoms with E-state index in [1.54, 1.807) is 0 Å². The standard InChI is InChI=1S/C17H27N3/c1-14-7-10-19-13-15(14)16(18)17(8-3-4-9-17)20-11-5-2-6-12-20/h7,10,13,16H,2-6,8-9,11-12,18H2,1H3. The molecule has 0 radical (unpaired) electrons. The molecule has 1 saturated carbocycles. The number of hydrogen-bond donors (Lipinski definition) is 1. The molecule has 1 unspecified atom stereocenters. The fourth-order valence-electron chi connectivity index (χ4n) is 4.24. The topological polar surface area (TPSA) is 42.1 Å². The number of piperidine rings is 1. The van der Waals surface area contributed by atoms with Crippen LogP contribution in [0.25, 0.3) is 0 Å². The number of rotatable bonds is 3. The van der Waals surface area contributed by atoms with Gasteiger partial charge in [0.2, 0.25) is 0 Å². The summed E-state index contributed by atoms with van der Waals surface area (Å²) in [7, 11) is 0. The van der Waals surface area contributed by atoms with Crippen LogP contribution in [0, 0.1) is 6.92 Å². The predicted molar refractivity (Wildman–Crippen MR) is 82.5 cm³/mol. The summed E-state index contributed by atoms with van der Waals surface area (Å²) < 4.78 is 0. The highest BCUT2D eigenvalue weighted by Gasteiger charge is 2.45. The molecular weight excluding hydrogens is 246 g/mol. The first-order valence-corrected chi connectivity index (χ1v) is 8.15. The quantitative estimate of drug-likeness (QED) is 0.919. The van der Waals surface area contributed by atoms with Crippen molar-refractivity contribution in [2.75, 3.05) is 13.1 Å². The molecule has 0 bridgehead atoms. The average Bonchev–Trinajstić information content (AvgIpc) is 2.99. The summed E-state index contributed by atoms with van der Waals surface area (Å²) in [6, 6.07) is 2.20. The van der Waals surface area contributed by atoms with E-state index in [0.29, 0.717) is 0 Å². The Hall–Kier alpha value is -0.930. The van der Waals surface area contributed by atoms with E-state index in [1.165, 1.54) is 69.2 Å². The molecule has 20 heavy (non-hydrogen) atoms. The molecule has 2 fully saturated rings. The molecule has 2 N–H and O–H groups in total. The molecule has 3 rings (SSSR count). The van der Waals surface area contributed by atoms with Gasteiger partial charge in [-0.15, -0.1) is 0 Å². The van der Waals surface area contributed by atoms with Gasteiger partial charge in [-0.1, -0.05) is 19.3 Å². The molecule has 1 aliphatic carbocycles. The highest BCUT2D eigenvalue weighted by molar-refractivity contribution is 5.29. The van der Waals surface area contributed by atoms with Gasteiger partial charge in [0.1, 0.15) is 0 Å². The second-order valence-corrected chi connectivity index (χ2v) is 6.57. The van der Waals surface area contributed by atoms with Crippen molar-refractivity contribution in [3.63, 3.8) is 0 Å². The van der Waals surface area contributed by atoms with Crippen LogP contribution in [0.4, 0.5) is 0 Å². The summed E-state index contributed by atoms with van der Waals surface area (Å²) in [6.07, 6.45) is 13.1. The lowest BCUT2D eigenvalue weighted by molar-refractivity contribution is 0.0475. The lowest BCUT2D eigenvalue weighted by Gasteiger charge is -2.47. The van der Waals surface area contributed by atoms with E-state index < -0.39 is 0 Å². The van der Waals surface area contributed by atoms with Crippen LogP contribution < -0.4 is 5.73 Å². The Morgan fingerprint density at radius 2 is 1.85 bits per heavy atom. The minimum Gasteiger partial charge on any atom is -0.322 e. The van der Waals surface area contributed by atoms with E-state index in [2.05, 4.69) is 22.9 Å². The first-order valence-electron chi connectivity index (χ1n) is 8.15. The molecule has 1 aromatic rings. The van der Waals surface area contributed by atoms with E-state index in [9.17, 15) is 0 Å². The van der Waals surface area contributed by atoms with Crippen molar-refractivity contribution in [3.8, 4) is 0 Å². The van der Waals surface area contributed by atoms with Gasteiger partial charge < -0.3 is 5.73 Å². The monoisotopic (exact) mass is 273 g/mol. The molecule has 3 heteroatoms. The van der Waals surface area contributed by atoms with Gasteiger partial charge >= 0.3 is 0 Å². The third-order valence-corrected chi connectivity index (χ3v) is 5.45. The Kier molecular flexibility index (Phi) is 4.08. The summed E-state index contributed by atoms with van der Waals surface area (Å²) in [5.74, 6) is 0. The maximum atomic E-state index is 6.79. The molecule has 2 heterocycles. The maximum Gasteiger partial charge on any atom is 0.0500 e. The van der Waals surface area contributed by atoms with E-state index in [-0.39, 0.29) is 11.6 Å². The molecule has 1 saturated heterocycles. The Bertz CT molecular complexity index is 445. The van der Waals surface area contributed by atoms with Crippen LogP contribution in [0.5, 0.6) is 0 Å². The number of nitrogens with zero attached hydrogens (tertiary/aromatic N) is 2. The Labute approximate surface area is 122 Å².